The molecule has 9 nitrogen and oxygen atoms in total. The fourth-order valence-corrected chi connectivity index (χ4v) is 4.52. The monoisotopic (exact) mass is 481 g/mol. The molecule has 0 saturated carbocycles. The topological polar surface area (TPSA) is 98.1 Å². The summed E-state index contributed by atoms with van der Waals surface area (Å²) >= 11 is 0. The molecule has 0 unspecified atom stereocenters. The number of methoxy groups -OCH3 is 2. The first kappa shape index (κ1) is 23.5. The van der Waals surface area contributed by atoms with E-state index in [9.17, 15) is 8.42 Å². The lowest BCUT2D eigenvalue weighted by molar-refractivity contribution is 0.206. The Balaban J connectivity index is 1.77. The summed E-state index contributed by atoms with van der Waals surface area (Å²) in [5.74, 6) is 1.15. The number of anilines is 3. The van der Waals surface area contributed by atoms with Gasteiger partial charge in [0.15, 0.2) is 9.84 Å². The first-order chi connectivity index (χ1) is 16.3. The van der Waals surface area contributed by atoms with E-state index in [2.05, 4.69) is 15.2 Å². The molecule has 0 spiro atoms. The standard InChI is InChI=1S/C24H27N5O4S/c1-28(13-14-32-2)20-10-9-17(15-21(20)33-3)19-16-23-25-11-12-29(23)24(27-19)26-18-7-5-6-8-22(18)34(4,30)31/h5-12,15-16H,13-14H2,1-4H3,(H,26,27). The van der Waals surface area contributed by atoms with Crippen molar-refractivity contribution in [3.8, 4) is 17.0 Å². The molecule has 0 aliphatic carbocycles. The summed E-state index contributed by atoms with van der Waals surface area (Å²) in [5.41, 5.74) is 3.56. The van der Waals surface area contributed by atoms with E-state index < -0.39 is 9.84 Å². The molecule has 178 valence electrons. The van der Waals surface area contributed by atoms with E-state index in [0.717, 1.165) is 17.8 Å². The maximum Gasteiger partial charge on any atom is 0.213 e. The van der Waals surface area contributed by atoms with E-state index in [4.69, 9.17) is 14.5 Å². The maximum atomic E-state index is 12.3. The quantitative estimate of drug-likeness (QED) is 0.387. The fraction of sp³-hybridized carbons (Fsp3) is 0.250. The summed E-state index contributed by atoms with van der Waals surface area (Å²) in [6.45, 7) is 1.32. The van der Waals surface area contributed by atoms with Crippen LogP contribution in [0.5, 0.6) is 5.75 Å². The molecule has 0 saturated heterocycles. The van der Waals surface area contributed by atoms with Crippen LogP contribution in [-0.2, 0) is 14.6 Å². The Labute approximate surface area is 198 Å². The number of imidazole rings is 1. The van der Waals surface area contributed by atoms with E-state index in [1.807, 2.05) is 31.3 Å². The average Bonchev–Trinajstić information content (AvgIpc) is 3.31. The lowest BCUT2D eigenvalue weighted by atomic mass is 10.1. The van der Waals surface area contributed by atoms with Gasteiger partial charge in [0.2, 0.25) is 5.95 Å². The van der Waals surface area contributed by atoms with Crippen molar-refractivity contribution < 1.29 is 17.9 Å². The molecule has 4 aromatic rings. The van der Waals surface area contributed by atoms with Gasteiger partial charge in [-0.2, -0.15) is 0 Å². The summed E-state index contributed by atoms with van der Waals surface area (Å²) in [5, 5.41) is 3.18. The molecule has 0 radical (unpaired) electrons. The second kappa shape index (κ2) is 9.70. The highest BCUT2D eigenvalue weighted by Gasteiger charge is 2.16. The zero-order valence-electron chi connectivity index (χ0n) is 19.5. The minimum Gasteiger partial charge on any atom is -0.495 e. The number of para-hydroxylation sites is 1. The van der Waals surface area contributed by atoms with Gasteiger partial charge in [-0.3, -0.25) is 4.40 Å². The SMILES string of the molecule is COCCN(C)c1ccc(-c2cc3nccn3c(Nc3ccccc3S(C)(=O)=O)n2)cc1OC. The highest BCUT2D eigenvalue weighted by molar-refractivity contribution is 7.90. The number of nitrogens with one attached hydrogen (secondary N) is 1. The van der Waals surface area contributed by atoms with Crippen LogP contribution in [0.2, 0.25) is 0 Å². The molecule has 10 heteroatoms. The van der Waals surface area contributed by atoms with E-state index in [1.165, 1.54) is 6.26 Å². The molecule has 2 aromatic heterocycles. The zero-order valence-corrected chi connectivity index (χ0v) is 20.3. The second-order valence-corrected chi connectivity index (χ2v) is 9.80. The third-order valence-corrected chi connectivity index (χ3v) is 6.60. The van der Waals surface area contributed by atoms with Crippen LogP contribution in [-0.4, -0.2) is 63.5 Å². The normalized spacial score (nSPS) is 11.5. The molecule has 2 heterocycles. The van der Waals surface area contributed by atoms with Gasteiger partial charge in [-0.15, -0.1) is 0 Å². The van der Waals surface area contributed by atoms with Crippen LogP contribution < -0.4 is 15.0 Å². The fourth-order valence-electron chi connectivity index (χ4n) is 3.67. The molecule has 0 bridgehead atoms. The van der Waals surface area contributed by atoms with Crippen molar-refractivity contribution in [3.05, 3.63) is 60.9 Å². The Morgan fingerprint density at radius 1 is 1.12 bits per heavy atom. The van der Waals surface area contributed by atoms with Crippen LogP contribution in [0, 0.1) is 0 Å². The minimum atomic E-state index is -3.43. The van der Waals surface area contributed by atoms with Gasteiger partial charge in [0.05, 0.1) is 35.7 Å². The lowest BCUT2D eigenvalue weighted by Crippen LogP contribution is -2.22. The van der Waals surface area contributed by atoms with Gasteiger partial charge in [-0.1, -0.05) is 18.2 Å². The number of fused-ring (bicyclic) bond motifs is 1. The first-order valence-corrected chi connectivity index (χ1v) is 12.5. The Morgan fingerprint density at radius 3 is 2.65 bits per heavy atom. The predicted molar refractivity (Wildman–Crippen MR) is 133 cm³/mol. The van der Waals surface area contributed by atoms with Crippen molar-refractivity contribution in [2.24, 2.45) is 0 Å². The molecule has 4 rings (SSSR count). The van der Waals surface area contributed by atoms with Gasteiger partial charge in [0, 0.05) is 51.0 Å². The summed E-state index contributed by atoms with van der Waals surface area (Å²) in [6.07, 6.45) is 4.62. The Kier molecular flexibility index (Phi) is 6.71. The van der Waals surface area contributed by atoms with Gasteiger partial charge in [-0.05, 0) is 24.3 Å². The van der Waals surface area contributed by atoms with Crippen LogP contribution in [0.4, 0.5) is 17.3 Å². The van der Waals surface area contributed by atoms with Gasteiger partial charge in [0.25, 0.3) is 0 Å². The van der Waals surface area contributed by atoms with Crippen molar-refractivity contribution in [2.45, 2.75) is 4.90 Å². The predicted octanol–water partition coefficient (Wildman–Crippen LogP) is 3.63. The third kappa shape index (κ3) is 4.82. The highest BCUT2D eigenvalue weighted by Crippen LogP contribution is 2.33. The number of benzene rings is 2. The summed E-state index contributed by atoms with van der Waals surface area (Å²) < 4.78 is 37.1. The van der Waals surface area contributed by atoms with Crippen molar-refractivity contribution in [3.63, 3.8) is 0 Å². The Morgan fingerprint density at radius 2 is 1.91 bits per heavy atom. The Hall–Kier alpha value is -3.63. The number of rotatable bonds is 9. The molecule has 0 amide bonds. The summed E-state index contributed by atoms with van der Waals surface area (Å²) in [4.78, 5) is 11.5. The minimum absolute atomic E-state index is 0.195. The molecular weight excluding hydrogens is 454 g/mol. The van der Waals surface area contributed by atoms with E-state index in [0.29, 0.717) is 35.3 Å². The van der Waals surface area contributed by atoms with Crippen molar-refractivity contribution in [1.29, 1.82) is 0 Å². The van der Waals surface area contributed by atoms with Gasteiger partial charge in [-0.25, -0.2) is 18.4 Å². The number of nitrogens with zero attached hydrogens (tertiary/aromatic N) is 4. The lowest BCUT2D eigenvalue weighted by Gasteiger charge is -2.22. The number of aromatic nitrogens is 3. The summed E-state index contributed by atoms with van der Waals surface area (Å²) in [7, 11) is 1.85. The second-order valence-electron chi connectivity index (χ2n) is 7.81. The smallest absolute Gasteiger partial charge is 0.213 e. The van der Waals surface area contributed by atoms with Gasteiger partial charge >= 0.3 is 0 Å². The van der Waals surface area contributed by atoms with E-state index in [1.54, 1.807) is 55.3 Å². The van der Waals surface area contributed by atoms with Crippen LogP contribution >= 0.6 is 0 Å². The zero-order chi connectivity index (χ0) is 24.3. The van der Waals surface area contributed by atoms with E-state index in [-0.39, 0.29) is 4.90 Å². The molecule has 0 aliphatic heterocycles. The van der Waals surface area contributed by atoms with Crippen LogP contribution in [0.25, 0.3) is 16.9 Å². The molecule has 0 aliphatic rings. The third-order valence-electron chi connectivity index (χ3n) is 5.44. The number of hydrogen-bond donors (Lipinski definition) is 1. The van der Waals surface area contributed by atoms with Crippen LogP contribution in [0.15, 0.2) is 65.8 Å². The van der Waals surface area contributed by atoms with E-state index >= 15 is 0 Å². The highest BCUT2D eigenvalue weighted by atomic mass is 32.2. The van der Waals surface area contributed by atoms with Crippen molar-refractivity contribution in [2.75, 3.05) is 50.9 Å². The molecular formula is C24H27N5O4S. The van der Waals surface area contributed by atoms with Gasteiger partial charge < -0.3 is 19.7 Å². The molecule has 1 N–H and O–H groups in total. The molecule has 0 fully saturated rings. The number of hydrogen-bond acceptors (Lipinski definition) is 8. The van der Waals surface area contributed by atoms with Gasteiger partial charge in [0.1, 0.15) is 11.4 Å². The summed E-state index contributed by atoms with van der Waals surface area (Å²) in [6, 6.07) is 14.5. The molecule has 34 heavy (non-hydrogen) atoms. The number of likely N-dealkylation sites (N-methyl/N-ethyl adjacent to an activating group) is 1. The Bertz CT molecular complexity index is 1420. The van der Waals surface area contributed by atoms with Crippen LogP contribution in [0.3, 0.4) is 0 Å². The average molecular weight is 482 g/mol. The van der Waals surface area contributed by atoms with Crippen LogP contribution in [0.1, 0.15) is 0 Å². The number of sulfone groups is 1. The molecule has 2 aromatic carbocycles. The largest absolute Gasteiger partial charge is 0.495 e. The number of ether oxygens (including phenoxy) is 2. The maximum absolute atomic E-state index is 12.3. The molecule has 0 atom stereocenters. The first-order valence-electron chi connectivity index (χ1n) is 10.6. The van der Waals surface area contributed by atoms with Crippen molar-refractivity contribution >= 4 is 32.8 Å². The van der Waals surface area contributed by atoms with Crippen molar-refractivity contribution in [1.82, 2.24) is 14.4 Å².